The third-order valence-electron chi connectivity index (χ3n) is 4.01. The lowest BCUT2D eigenvalue weighted by molar-refractivity contribution is 0.222. The van der Waals surface area contributed by atoms with Crippen LogP contribution in [0.4, 0.5) is 5.82 Å². The smallest absolute Gasteiger partial charge is 0.191 e. The van der Waals surface area contributed by atoms with Gasteiger partial charge in [0.05, 0.1) is 13.1 Å². The monoisotopic (exact) mass is 369 g/mol. The van der Waals surface area contributed by atoms with Crippen molar-refractivity contribution in [1.29, 1.82) is 0 Å². The van der Waals surface area contributed by atoms with Gasteiger partial charge in [-0.05, 0) is 50.1 Å². The number of aryl methyl sites for hydroxylation is 1. The molecule has 2 N–H and O–H groups in total. The first-order chi connectivity index (χ1) is 13.0. The van der Waals surface area contributed by atoms with Crippen LogP contribution in [0, 0.1) is 6.92 Å². The summed E-state index contributed by atoms with van der Waals surface area (Å²) >= 11 is 0. The second-order valence-corrected chi connectivity index (χ2v) is 6.69. The lowest BCUT2D eigenvalue weighted by atomic mass is 10.2. The molecule has 1 heterocycles. The Morgan fingerprint density at radius 3 is 2.70 bits per heavy atom. The molecule has 0 fully saturated rings. The number of para-hydroxylation sites is 1. The molecule has 0 saturated carbocycles. The number of aliphatic imine (C=N–C) groups is 1. The highest BCUT2D eigenvalue weighted by Crippen LogP contribution is 2.17. The fourth-order valence-electron chi connectivity index (χ4n) is 2.50. The maximum absolute atomic E-state index is 6.02. The SMILES string of the molecule is CCNC(=NCc1ccnc(N(C)C)c1)NCC(C)Oc1ccccc1C. The van der Waals surface area contributed by atoms with E-state index in [9.17, 15) is 0 Å². The van der Waals surface area contributed by atoms with E-state index in [4.69, 9.17) is 4.74 Å². The van der Waals surface area contributed by atoms with Crippen molar-refractivity contribution in [1.82, 2.24) is 15.6 Å². The van der Waals surface area contributed by atoms with Crippen LogP contribution in [0.25, 0.3) is 0 Å². The number of guanidine groups is 1. The van der Waals surface area contributed by atoms with E-state index in [1.54, 1.807) is 0 Å². The minimum atomic E-state index is 0.0243. The normalized spacial score (nSPS) is 12.4. The van der Waals surface area contributed by atoms with Gasteiger partial charge >= 0.3 is 0 Å². The summed E-state index contributed by atoms with van der Waals surface area (Å²) in [4.78, 5) is 11.0. The molecule has 6 nitrogen and oxygen atoms in total. The van der Waals surface area contributed by atoms with E-state index in [-0.39, 0.29) is 6.10 Å². The number of nitrogens with zero attached hydrogens (tertiary/aromatic N) is 3. The van der Waals surface area contributed by atoms with Gasteiger partial charge in [0, 0.05) is 26.8 Å². The highest BCUT2D eigenvalue weighted by molar-refractivity contribution is 5.79. The van der Waals surface area contributed by atoms with E-state index >= 15 is 0 Å². The molecule has 2 aromatic rings. The molecule has 0 amide bonds. The summed E-state index contributed by atoms with van der Waals surface area (Å²) in [5.74, 6) is 2.63. The summed E-state index contributed by atoms with van der Waals surface area (Å²) in [6.45, 7) is 8.22. The average Bonchev–Trinajstić information content (AvgIpc) is 2.66. The van der Waals surface area contributed by atoms with Gasteiger partial charge in [-0.15, -0.1) is 0 Å². The number of pyridine rings is 1. The Hall–Kier alpha value is -2.76. The molecular weight excluding hydrogens is 338 g/mol. The van der Waals surface area contributed by atoms with E-state index < -0.39 is 0 Å². The molecule has 1 aromatic heterocycles. The summed E-state index contributed by atoms with van der Waals surface area (Å²) in [5.41, 5.74) is 2.26. The van der Waals surface area contributed by atoms with Crippen LogP contribution in [0.15, 0.2) is 47.6 Å². The predicted octanol–water partition coefficient (Wildman–Crippen LogP) is 2.98. The van der Waals surface area contributed by atoms with E-state index in [2.05, 4.69) is 53.5 Å². The van der Waals surface area contributed by atoms with Crippen molar-refractivity contribution in [2.75, 3.05) is 32.1 Å². The van der Waals surface area contributed by atoms with Crippen LogP contribution in [-0.4, -0.2) is 44.2 Å². The zero-order valence-corrected chi connectivity index (χ0v) is 17.0. The van der Waals surface area contributed by atoms with E-state index in [0.29, 0.717) is 13.1 Å². The molecule has 0 saturated heterocycles. The number of aromatic nitrogens is 1. The third-order valence-corrected chi connectivity index (χ3v) is 4.01. The molecule has 0 spiro atoms. The Morgan fingerprint density at radius 1 is 1.22 bits per heavy atom. The van der Waals surface area contributed by atoms with Gasteiger partial charge in [-0.3, -0.25) is 0 Å². The first-order valence-corrected chi connectivity index (χ1v) is 9.36. The topological polar surface area (TPSA) is 61.8 Å². The van der Waals surface area contributed by atoms with Gasteiger partial charge in [-0.25, -0.2) is 9.98 Å². The maximum atomic E-state index is 6.02. The van der Waals surface area contributed by atoms with Crippen LogP contribution < -0.4 is 20.3 Å². The molecule has 27 heavy (non-hydrogen) atoms. The third kappa shape index (κ3) is 6.81. The van der Waals surface area contributed by atoms with Crippen LogP contribution in [-0.2, 0) is 6.54 Å². The minimum absolute atomic E-state index is 0.0243. The molecule has 0 aliphatic heterocycles. The predicted molar refractivity (Wildman–Crippen MR) is 113 cm³/mol. The van der Waals surface area contributed by atoms with Gasteiger partial charge < -0.3 is 20.3 Å². The molecule has 2 rings (SSSR count). The lowest BCUT2D eigenvalue weighted by Gasteiger charge is -2.19. The van der Waals surface area contributed by atoms with Gasteiger partial charge in [-0.2, -0.15) is 0 Å². The van der Waals surface area contributed by atoms with Crippen molar-refractivity contribution in [3.05, 3.63) is 53.7 Å². The Bertz CT molecular complexity index is 745. The molecule has 6 heteroatoms. The summed E-state index contributed by atoms with van der Waals surface area (Å²) < 4.78 is 6.02. The number of hydrogen-bond acceptors (Lipinski definition) is 4. The van der Waals surface area contributed by atoms with Gasteiger partial charge in [-0.1, -0.05) is 18.2 Å². The molecular formula is C21H31N5O. The fraction of sp³-hybridized carbons (Fsp3) is 0.429. The number of ether oxygens (including phenoxy) is 1. The van der Waals surface area contributed by atoms with Gasteiger partial charge in [0.1, 0.15) is 17.7 Å². The summed E-state index contributed by atoms with van der Waals surface area (Å²) in [6, 6.07) is 12.1. The molecule has 1 unspecified atom stereocenters. The quantitative estimate of drug-likeness (QED) is 0.553. The summed E-state index contributed by atoms with van der Waals surface area (Å²) in [5, 5.41) is 6.63. The second-order valence-electron chi connectivity index (χ2n) is 6.69. The van der Waals surface area contributed by atoms with Crippen molar-refractivity contribution >= 4 is 11.8 Å². The highest BCUT2D eigenvalue weighted by atomic mass is 16.5. The molecule has 0 aliphatic carbocycles. The van der Waals surface area contributed by atoms with Crippen molar-refractivity contribution < 1.29 is 4.74 Å². The van der Waals surface area contributed by atoms with Gasteiger partial charge in [0.25, 0.3) is 0 Å². The number of nitrogens with one attached hydrogen (secondary N) is 2. The Morgan fingerprint density at radius 2 is 2.00 bits per heavy atom. The van der Waals surface area contributed by atoms with Crippen molar-refractivity contribution in [3.8, 4) is 5.75 Å². The largest absolute Gasteiger partial charge is 0.489 e. The molecule has 1 atom stereocenters. The Kier molecular flexibility index (Phi) is 7.92. The molecule has 0 aliphatic rings. The van der Waals surface area contributed by atoms with E-state index in [1.165, 1.54) is 0 Å². The number of anilines is 1. The molecule has 0 bridgehead atoms. The van der Waals surface area contributed by atoms with Crippen molar-refractivity contribution in [2.24, 2.45) is 4.99 Å². The fourth-order valence-corrected chi connectivity index (χ4v) is 2.50. The Labute approximate surface area is 162 Å². The minimum Gasteiger partial charge on any atom is -0.489 e. The summed E-state index contributed by atoms with van der Waals surface area (Å²) in [7, 11) is 3.97. The maximum Gasteiger partial charge on any atom is 0.191 e. The average molecular weight is 370 g/mol. The van der Waals surface area contributed by atoms with E-state index in [1.807, 2.05) is 49.5 Å². The van der Waals surface area contributed by atoms with Crippen molar-refractivity contribution in [3.63, 3.8) is 0 Å². The van der Waals surface area contributed by atoms with Crippen LogP contribution >= 0.6 is 0 Å². The van der Waals surface area contributed by atoms with Crippen LogP contribution in [0.3, 0.4) is 0 Å². The van der Waals surface area contributed by atoms with Crippen molar-refractivity contribution in [2.45, 2.75) is 33.4 Å². The number of rotatable bonds is 8. The van der Waals surface area contributed by atoms with Crippen LogP contribution in [0.1, 0.15) is 25.0 Å². The zero-order valence-electron chi connectivity index (χ0n) is 17.0. The lowest BCUT2D eigenvalue weighted by Crippen LogP contribution is -2.41. The highest BCUT2D eigenvalue weighted by Gasteiger charge is 2.07. The first-order valence-electron chi connectivity index (χ1n) is 9.36. The Balaban J connectivity index is 1.93. The molecule has 0 radical (unpaired) electrons. The number of hydrogen-bond donors (Lipinski definition) is 2. The zero-order chi connectivity index (χ0) is 19.6. The molecule has 146 valence electrons. The van der Waals surface area contributed by atoms with Gasteiger partial charge in [0.15, 0.2) is 5.96 Å². The second kappa shape index (κ2) is 10.4. The molecule has 1 aromatic carbocycles. The van der Waals surface area contributed by atoms with E-state index in [0.717, 1.165) is 35.2 Å². The number of benzene rings is 1. The van der Waals surface area contributed by atoms with Crippen LogP contribution in [0.5, 0.6) is 5.75 Å². The standard InChI is InChI=1S/C21H31N5O/c1-6-22-21(25-15-18-11-12-23-20(13-18)26(4)5)24-14-17(3)27-19-10-8-7-9-16(19)2/h7-13,17H,6,14-15H2,1-5H3,(H2,22,24,25). The van der Waals surface area contributed by atoms with Gasteiger partial charge in [0.2, 0.25) is 0 Å². The first kappa shape index (κ1) is 20.6. The summed E-state index contributed by atoms with van der Waals surface area (Å²) in [6.07, 6.45) is 1.84. The van der Waals surface area contributed by atoms with Crippen LogP contribution in [0.2, 0.25) is 0 Å².